The van der Waals surface area contributed by atoms with Gasteiger partial charge in [0, 0.05) is 6.42 Å². The molecule has 0 aliphatic heterocycles. The molecule has 57 heteroatoms. The van der Waals surface area contributed by atoms with E-state index in [1.165, 1.54) is 27.7 Å². The summed E-state index contributed by atoms with van der Waals surface area (Å²) in [5.41, 5.74) is 27.8. The molecule has 0 spiro atoms. The highest BCUT2D eigenvalue weighted by atomic mass is 16.4. The molecule has 144 heavy (non-hydrogen) atoms. The smallest absolute Gasteiger partial charge is 0.326 e. The molecule has 0 saturated heterocycles. The summed E-state index contributed by atoms with van der Waals surface area (Å²) in [6, 6.07) is -33.6. The monoisotopic (exact) mass is 2060 g/mol. The van der Waals surface area contributed by atoms with Crippen LogP contribution in [0.2, 0.25) is 0 Å². The number of carboxylic acids is 2. The first-order valence-corrected chi connectivity index (χ1v) is 47.3. The fourth-order valence-electron chi connectivity index (χ4n) is 13.6. The number of hydrogen-bond donors (Lipinski definition) is 34. The molecule has 0 fully saturated rings. The summed E-state index contributed by atoms with van der Waals surface area (Å²) >= 11 is 0. The van der Waals surface area contributed by atoms with Crippen LogP contribution in [0.25, 0.3) is 0 Å². The van der Waals surface area contributed by atoms with Gasteiger partial charge in [-0.1, -0.05) is 82.1 Å². The number of unbranched alkanes of at least 4 members (excludes halogenated alkanes) is 2. The van der Waals surface area contributed by atoms with E-state index in [-0.39, 0.29) is 82.7 Å². The molecule has 0 saturated carbocycles. The summed E-state index contributed by atoms with van der Waals surface area (Å²) in [5.74, 6) is -30.8. The number of rotatable bonds is 72. The predicted octanol–water partition coefficient (Wildman–Crippen LogP) is -14.5. The lowest BCUT2D eigenvalue weighted by molar-refractivity contribution is -0.143. The largest absolute Gasteiger partial charge is 0.481 e. The second kappa shape index (κ2) is 67.8. The van der Waals surface area contributed by atoms with Gasteiger partial charge in [-0.15, -0.1) is 0 Å². The van der Waals surface area contributed by atoms with Crippen molar-refractivity contribution in [1.82, 2.24) is 101 Å². The van der Waals surface area contributed by atoms with E-state index in [0.29, 0.717) is 12.8 Å². The minimum absolute atomic E-state index is 0.0178. The number of aliphatic hydroxyl groups is 8. The molecule has 0 radical (unpaired) electrons. The van der Waals surface area contributed by atoms with E-state index in [0.717, 1.165) is 27.7 Å². The van der Waals surface area contributed by atoms with Crippen molar-refractivity contribution in [3.63, 3.8) is 0 Å². The third kappa shape index (κ3) is 48.6. The fourth-order valence-corrected chi connectivity index (χ4v) is 13.6. The molecule has 24 atom stereocenters. The maximum Gasteiger partial charge on any atom is 0.326 e. The molecule has 39 N–H and O–H groups in total. The van der Waals surface area contributed by atoms with Gasteiger partial charge >= 0.3 is 11.9 Å². The summed E-state index contributed by atoms with van der Waals surface area (Å²) in [4.78, 5) is 311. The van der Waals surface area contributed by atoms with Crippen LogP contribution in [0.1, 0.15) is 193 Å². The van der Waals surface area contributed by atoms with Crippen molar-refractivity contribution >= 4 is 136 Å². The third-order valence-electron chi connectivity index (χ3n) is 22.3. The fraction of sp³-hybridized carbons (Fsp3) is 0.736. The number of carboxylic acid groups (broad SMARTS) is 2. The zero-order chi connectivity index (χ0) is 111. The van der Waals surface area contributed by atoms with Crippen LogP contribution in [0, 0.1) is 29.6 Å². The van der Waals surface area contributed by atoms with Crippen molar-refractivity contribution in [2.45, 2.75) is 326 Å². The molecule has 0 unspecified atom stereocenters. The SMILES string of the molecule is CC[C@H](C)[C@H](NC(=O)CNC(=O)[C@H](CO)NC(=O)[C@H](CCC(N)=O)NC(=O)[C@H](CC(C)C)NC(=O)[C@H](CC(=O)O)NC(=O)[C@H](CO)NC(=O)[C@@H](NC(=O)[C@H](CO)NC(=O)[C@@H](NC(=O)[C@H](CC(C)C)NC(=O)[C@@H](N)CO)[C@@H](C)O)[C@@H](C)O)C(=O)N[C@H](C(=O)N[C@@H](CCCCN)C(=O)N[C@@H](CC(N)=O)C(=O)N[C@H](C(=O)N[C@@H](C)C(=O)N[C@@H](CO)C(=O)N[C@@H](CC(C)C)C(=O)N[C@@H](CCCCN)C(=O)O)[C@@H](C)O)[C@@H](C)CC. The van der Waals surface area contributed by atoms with E-state index >= 15 is 0 Å². The Kier molecular flexibility index (Phi) is 61.9. The standard InChI is InChI=1S/C87H154N24O33/c1-15-41(9)64(83(139)108-65(42(10)16-2)82(138)96-48(21-17-19-25-88)72(128)101-54(30-61(92)121)78(134)109-66(44(12)117)84(140)94-43(11)69(125)103-57(35-114)79(135)100-52(28-39(5)6)75(131)97-50(87(143)144)22-18-20-26-89)107-62(122)32-93-71(127)56(34-113)104-73(129)49(23-24-60(91)120)95-74(130)51(27-38(3)4)99-76(132)55(31-63(123)124)102-80(136)58(36-115)105-86(142)68(46(14)119)111-81(137)59(37-116)106-85(141)67(45(13)118)110-77(133)53(29-40(7)8)98-70(126)47(90)33-112/h38-59,64-68,112-119H,15-37,88-90H2,1-14H3,(H2,91,120)(H2,92,121)(H,93,127)(H,94,140)(H,95,130)(H,96,138)(H,97,131)(H,98,126)(H,99,132)(H,100,135)(H,101,128)(H,102,136)(H,103,125)(H,104,129)(H,105,142)(H,106,141)(H,107,122)(H,108,139)(H,109,134)(H,110,133)(H,111,137)(H,123,124)(H,143,144)/t41-,42-,43-,44+,45+,46+,47-,48-,49-,50-,51-,52-,53-,54-,55-,56-,57-,58-,59-,64-,65-,66-,67-,68-/m0/s1. The van der Waals surface area contributed by atoms with Crippen molar-refractivity contribution in [3.05, 3.63) is 0 Å². The predicted molar refractivity (Wildman–Crippen MR) is 507 cm³/mol. The summed E-state index contributed by atoms with van der Waals surface area (Å²) in [6.07, 6.45) is -8.06. The van der Waals surface area contributed by atoms with E-state index < -0.39 is 352 Å². The Morgan fingerprint density at radius 2 is 0.556 bits per heavy atom. The van der Waals surface area contributed by atoms with Crippen LogP contribution < -0.4 is 130 Å². The van der Waals surface area contributed by atoms with Crippen LogP contribution in [0.15, 0.2) is 0 Å². The lowest BCUT2D eigenvalue weighted by atomic mass is 9.94. The summed E-state index contributed by atoms with van der Waals surface area (Å²) in [5, 5.41) is 145. The van der Waals surface area contributed by atoms with Gasteiger partial charge in [0.1, 0.15) is 115 Å². The van der Waals surface area contributed by atoms with Crippen LogP contribution in [0.5, 0.6) is 0 Å². The second-order valence-electron chi connectivity index (χ2n) is 36.3. The van der Waals surface area contributed by atoms with Crippen molar-refractivity contribution in [2.24, 2.45) is 58.3 Å². The Hall–Kier alpha value is -12.6. The Labute approximate surface area is 832 Å². The van der Waals surface area contributed by atoms with Crippen molar-refractivity contribution in [2.75, 3.05) is 52.7 Å². The van der Waals surface area contributed by atoms with Gasteiger partial charge in [0.05, 0.1) is 70.7 Å². The number of nitrogens with two attached hydrogens (primary N) is 5. The molecule has 0 aromatic rings. The molecular formula is C87H154N24O33. The quantitative estimate of drug-likeness (QED) is 0.0251. The van der Waals surface area contributed by atoms with Gasteiger partial charge in [-0.25, -0.2) is 4.79 Å². The van der Waals surface area contributed by atoms with Crippen LogP contribution in [0.4, 0.5) is 0 Å². The van der Waals surface area contributed by atoms with E-state index in [1.54, 1.807) is 41.5 Å². The molecule has 0 aliphatic carbocycles. The minimum atomic E-state index is -2.19. The third-order valence-corrected chi connectivity index (χ3v) is 22.3. The molecular weight excluding hydrogens is 1910 g/mol. The molecule has 0 aromatic carbocycles. The Morgan fingerprint density at radius 3 is 0.924 bits per heavy atom. The lowest BCUT2D eigenvalue weighted by Gasteiger charge is -2.30. The first kappa shape index (κ1) is 131. The number of aliphatic carboxylic acids is 2. The van der Waals surface area contributed by atoms with E-state index in [1.807, 2.05) is 16.0 Å². The van der Waals surface area contributed by atoms with Gasteiger partial charge in [0.25, 0.3) is 0 Å². The molecule has 820 valence electrons. The normalized spacial score (nSPS) is 16.3. The number of primary amides is 2. The number of nitrogens with one attached hydrogen (secondary N) is 19. The molecule has 0 heterocycles. The van der Waals surface area contributed by atoms with Gasteiger partial charge in [0.2, 0.25) is 124 Å². The van der Waals surface area contributed by atoms with E-state index in [9.17, 15) is 161 Å². The number of carbonyl (C=O) groups excluding carboxylic acids is 21. The highest BCUT2D eigenvalue weighted by Gasteiger charge is 2.43. The van der Waals surface area contributed by atoms with Gasteiger partial charge in [0.15, 0.2) is 0 Å². The van der Waals surface area contributed by atoms with Gasteiger partial charge < -0.3 is 181 Å². The number of aliphatic hydroxyl groups excluding tert-OH is 8. The van der Waals surface area contributed by atoms with Crippen LogP contribution in [-0.4, -0.2) is 373 Å². The summed E-state index contributed by atoms with van der Waals surface area (Å²) in [6.45, 7) is 14.0. The number of amides is 21. The van der Waals surface area contributed by atoms with E-state index in [2.05, 4.69) is 85.1 Å². The molecule has 0 bridgehead atoms. The Balaban J connectivity index is 6.80. The van der Waals surface area contributed by atoms with E-state index in [4.69, 9.17) is 28.7 Å². The highest BCUT2D eigenvalue weighted by molar-refractivity contribution is 6.03. The minimum Gasteiger partial charge on any atom is -0.481 e. The van der Waals surface area contributed by atoms with Crippen molar-refractivity contribution in [1.29, 1.82) is 0 Å². The Morgan fingerprint density at radius 1 is 0.278 bits per heavy atom. The van der Waals surface area contributed by atoms with Gasteiger partial charge in [-0.05, 0) is 135 Å². The lowest BCUT2D eigenvalue weighted by Crippen LogP contribution is -2.63. The van der Waals surface area contributed by atoms with Gasteiger partial charge in [-0.3, -0.25) is 105 Å². The zero-order valence-corrected chi connectivity index (χ0v) is 83.6. The molecule has 0 rings (SSSR count). The Bertz CT molecular complexity index is 4280. The van der Waals surface area contributed by atoms with Crippen LogP contribution >= 0.6 is 0 Å². The van der Waals surface area contributed by atoms with Crippen LogP contribution in [-0.2, 0) is 110 Å². The molecule has 57 nitrogen and oxygen atoms in total. The molecule has 0 aromatic heterocycles. The summed E-state index contributed by atoms with van der Waals surface area (Å²) < 4.78 is 0. The number of hydrogen-bond acceptors (Lipinski definition) is 34. The highest BCUT2D eigenvalue weighted by Crippen LogP contribution is 2.18. The first-order chi connectivity index (χ1) is 67.3. The van der Waals surface area contributed by atoms with Gasteiger partial charge in [-0.2, -0.15) is 0 Å². The first-order valence-electron chi connectivity index (χ1n) is 47.3. The molecule has 21 amide bonds. The maximum absolute atomic E-state index is 14.6. The van der Waals surface area contributed by atoms with Crippen LogP contribution in [0.3, 0.4) is 0 Å². The average Bonchev–Trinajstić information content (AvgIpc) is 0.842. The number of carbonyl (C=O) groups is 23. The van der Waals surface area contributed by atoms with Crippen molar-refractivity contribution in [3.8, 4) is 0 Å². The maximum atomic E-state index is 14.6. The second-order valence-corrected chi connectivity index (χ2v) is 36.3. The summed E-state index contributed by atoms with van der Waals surface area (Å²) in [7, 11) is 0. The zero-order valence-electron chi connectivity index (χ0n) is 83.6. The average molecular weight is 2060 g/mol. The molecule has 0 aliphatic rings. The van der Waals surface area contributed by atoms with Crippen molar-refractivity contribution < 1.29 is 161 Å². The topological polar surface area (TPSA) is 954 Å².